The van der Waals surface area contributed by atoms with Crippen molar-refractivity contribution in [2.24, 2.45) is 5.73 Å². The van der Waals surface area contributed by atoms with Gasteiger partial charge in [-0.15, -0.1) is 0 Å². The lowest BCUT2D eigenvalue weighted by Gasteiger charge is -2.40. The quantitative estimate of drug-likeness (QED) is 0.112. The van der Waals surface area contributed by atoms with Crippen LogP contribution in [-0.4, -0.2) is 50.9 Å². The maximum atomic E-state index is 16.1. The van der Waals surface area contributed by atoms with Gasteiger partial charge < -0.3 is 26.5 Å². The Balaban J connectivity index is 1.18. The van der Waals surface area contributed by atoms with Gasteiger partial charge in [-0.05, 0) is 74.8 Å². The lowest BCUT2D eigenvalue weighted by molar-refractivity contribution is 0.0694. The molecule has 12 heteroatoms. The van der Waals surface area contributed by atoms with Gasteiger partial charge in [0.25, 0.3) is 5.56 Å². The first-order valence-electron chi connectivity index (χ1n) is 17.0. The molecule has 2 atom stereocenters. The predicted octanol–water partition coefficient (Wildman–Crippen LogP) is 5.23. The van der Waals surface area contributed by atoms with Crippen molar-refractivity contribution in [3.63, 3.8) is 0 Å². The van der Waals surface area contributed by atoms with Gasteiger partial charge in [0, 0.05) is 61.4 Å². The van der Waals surface area contributed by atoms with Crippen molar-refractivity contribution < 1.29 is 14.3 Å². The molecule has 0 spiro atoms. The van der Waals surface area contributed by atoms with E-state index in [0.29, 0.717) is 47.6 Å². The molecule has 6 rings (SSSR count). The Morgan fingerprint density at radius 3 is 2.60 bits per heavy atom. The maximum Gasteiger partial charge on any atom is 0.341 e. The van der Waals surface area contributed by atoms with Crippen LogP contribution in [0.3, 0.4) is 0 Å². The van der Waals surface area contributed by atoms with Crippen LogP contribution < -0.4 is 32.3 Å². The SMILES string of the molecule is CCc1cc(Nc2cc(=O)n(CCCCC[N+]3(c4cc5c(cc4F)c(=O)c(C(=O)O)cn5C4CC4)CCCC3CN)c(N)n2)ccc1C. The summed E-state index contributed by atoms with van der Waals surface area (Å²) < 4.78 is 19.8. The lowest BCUT2D eigenvalue weighted by Crippen LogP contribution is -2.56. The van der Waals surface area contributed by atoms with Crippen LogP contribution in [0.1, 0.15) is 79.4 Å². The molecule has 2 unspecified atom stereocenters. The number of benzene rings is 2. The molecule has 2 fully saturated rings. The number of carboxylic acids is 1. The number of halogens is 1. The van der Waals surface area contributed by atoms with E-state index in [1.165, 1.54) is 34.0 Å². The Labute approximate surface area is 278 Å². The number of hydrogen-bond acceptors (Lipinski definition) is 7. The summed E-state index contributed by atoms with van der Waals surface area (Å²) in [5.74, 6) is -1.28. The van der Waals surface area contributed by atoms with Crippen molar-refractivity contribution in [1.29, 1.82) is 0 Å². The van der Waals surface area contributed by atoms with Crippen LogP contribution in [0.25, 0.3) is 10.9 Å². The van der Waals surface area contributed by atoms with E-state index in [-0.39, 0.29) is 34.5 Å². The van der Waals surface area contributed by atoms with Crippen molar-refractivity contribution in [2.75, 3.05) is 30.7 Å². The second kappa shape index (κ2) is 13.5. The summed E-state index contributed by atoms with van der Waals surface area (Å²) in [4.78, 5) is 42.3. The van der Waals surface area contributed by atoms with E-state index in [1.807, 2.05) is 16.7 Å². The number of carboxylic acid groups (broad SMARTS) is 1. The molecule has 2 aromatic heterocycles. The molecule has 6 N–H and O–H groups in total. The number of aromatic carboxylic acids is 1. The normalized spacial score (nSPS) is 19.2. The number of quaternary nitrogens is 1. The first kappa shape index (κ1) is 33.4. The van der Waals surface area contributed by atoms with E-state index in [2.05, 4.69) is 30.2 Å². The van der Waals surface area contributed by atoms with Gasteiger partial charge in [0.1, 0.15) is 17.4 Å². The summed E-state index contributed by atoms with van der Waals surface area (Å²) in [7, 11) is 0. The van der Waals surface area contributed by atoms with E-state index in [9.17, 15) is 19.5 Å². The molecule has 4 aromatic rings. The molecule has 2 aliphatic rings. The molecule has 1 saturated carbocycles. The summed E-state index contributed by atoms with van der Waals surface area (Å²) in [6.07, 6.45) is 8.05. The summed E-state index contributed by atoms with van der Waals surface area (Å²) >= 11 is 0. The van der Waals surface area contributed by atoms with Gasteiger partial charge in [0.05, 0.1) is 18.6 Å². The highest BCUT2D eigenvalue weighted by atomic mass is 19.1. The minimum absolute atomic E-state index is 0.0146. The van der Waals surface area contributed by atoms with Gasteiger partial charge in [-0.1, -0.05) is 13.0 Å². The molecule has 254 valence electrons. The Morgan fingerprint density at radius 1 is 1.12 bits per heavy atom. The number of fused-ring (bicyclic) bond motifs is 1. The van der Waals surface area contributed by atoms with Crippen LogP contribution in [-0.2, 0) is 13.0 Å². The molecule has 1 aliphatic heterocycles. The van der Waals surface area contributed by atoms with Gasteiger partial charge in [-0.2, -0.15) is 4.98 Å². The van der Waals surface area contributed by atoms with Crippen LogP contribution in [0.2, 0.25) is 0 Å². The number of nitrogens with one attached hydrogen (secondary N) is 1. The van der Waals surface area contributed by atoms with Crippen molar-refractivity contribution >= 4 is 40.0 Å². The Kier molecular flexibility index (Phi) is 9.39. The molecule has 3 heterocycles. The highest BCUT2D eigenvalue weighted by Gasteiger charge is 2.45. The number of nitrogens with two attached hydrogens (primary N) is 2. The molecule has 0 amide bonds. The van der Waals surface area contributed by atoms with E-state index in [1.54, 1.807) is 6.07 Å². The van der Waals surface area contributed by atoms with Gasteiger partial charge >= 0.3 is 5.97 Å². The highest BCUT2D eigenvalue weighted by Crippen LogP contribution is 2.41. The fourth-order valence-electron chi connectivity index (χ4n) is 7.53. The molecule has 0 bridgehead atoms. The molecule has 1 aliphatic carbocycles. The standard InChI is InChI=1S/C36H44FN7O4/c1-3-23-16-24(10-9-22(23)2)40-32-19-33(45)42(36(39)41-32)13-5-4-6-14-44(15-7-8-26(44)20-38)31-18-30-27(17-29(31)37)34(46)28(35(47)48)21-43(30)25-11-12-25/h9-10,16-19,21,25-26H,3-8,11-15,20,38H2,1-2H3,(H3-,39,40,41,45,47,48)/p+1. The summed E-state index contributed by atoms with van der Waals surface area (Å²) in [6, 6.07) is 10.6. The number of aromatic nitrogens is 3. The Hall–Kier alpha value is -4.55. The fraction of sp³-hybridized carbons (Fsp3) is 0.444. The third-order valence-corrected chi connectivity index (χ3v) is 10.3. The van der Waals surface area contributed by atoms with Crippen molar-refractivity contribution in [3.05, 3.63) is 85.7 Å². The number of pyridine rings is 1. The zero-order chi connectivity index (χ0) is 34.2. The molecule has 48 heavy (non-hydrogen) atoms. The van der Waals surface area contributed by atoms with Crippen LogP contribution in [0.15, 0.2) is 52.2 Å². The maximum absolute atomic E-state index is 16.1. The minimum Gasteiger partial charge on any atom is -0.477 e. The predicted molar refractivity (Wildman–Crippen MR) is 188 cm³/mol. The number of anilines is 3. The topological polar surface area (TPSA) is 158 Å². The molecule has 0 radical (unpaired) electrons. The number of aryl methyl sites for hydroxylation is 2. The molecule has 11 nitrogen and oxygen atoms in total. The minimum atomic E-state index is -1.31. The molecular formula is C36H45FN7O4+. The summed E-state index contributed by atoms with van der Waals surface area (Å²) in [6.45, 7) is 6.34. The van der Waals surface area contributed by atoms with Gasteiger partial charge in [0.2, 0.25) is 11.4 Å². The monoisotopic (exact) mass is 658 g/mol. The smallest absolute Gasteiger partial charge is 0.341 e. The summed E-state index contributed by atoms with van der Waals surface area (Å²) in [5, 5.41) is 12.9. The van der Waals surface area contributed by atoms with Crippen molar-refractivity contribution in [1.82, 2.24) is 18.6 Å². The zero-order valence-corrected chi connectivity index (χ0v) is 27.7. The largest absolute Gasteiger partial charge is 0.477 e. The number of unbranched alkanes of at least 4 members (excludes halogenated alkanes) is 2. The Bertz CT molecular complexity index is 1990. The third kappa shape index (κ3) is 6.34. The number of likely N-dealkylation sites (tertiary alicyclic amines) is 1. The van der Waals surface area contributed by atoms with Gasteiger partial charge in [0.15, 0.2) is 11.5 Å². The van der Waals surface area contributed by atoms with E-state index in [0.717, 1.165) is 57.2 Å². The zero-order valence-electron chi connectivity index (χ0n) is 27.7. The van der Waals surface area contributed by atoms with E-state index < -0.39 is 17.2 Å². The highest BCUT2D eigenvalue weighted by molar-refractivity contribution is 5.93. The number of nitrogens with zero attached hydrogens (tertiary/aromatic N) is 4. The average molecular weight is 659 g/mol. The second-order valence-electron chi connectivity index (χ2n) is 13.3. The Morgan fingerprint density at radius 2 is 1.92 bits per heavy atom. The average Bonchev–Trinajstić information content (AvgIpc) is 3.82. The van der Waals surface area contributed by atoms with E-state index in [4.69, 9.17) is 11.5 Å². The molecule has 2 aromatic carbocycles. The second-order valence-corrected chi connectivity index (χ2v) is 13.3. The number of carbonyl (C=O) groups is 1. The van der Waals surface area contributed by atoms with Gasteiger partial charge in [-0.3, -0.25) is 18.6 Å². The molecule has 1 saturated heterocycles. The fourth-order valence-corrected chi connectivity index (χ4v) is 7.53. The number of nitrogen functional groups attached to an aromatic ring is 1. The number of hydrogen-bond donors (Lipinski definition) is 4. The van der Waals surface area contributed by atoms with Crippen molar-refractivity contribution in [3.8, 4) is 0 Å². The first-order valence-corrected chi connectivity index (χ1v) is 17.0. The van der Waals surface area contributed by atoms with Crippen LogP contribution >= 0.6 is 0 Å². The van der Waals surface area contributed by atoms with Crippen LogP contribution in [0, 0.1) is 12.7 Å². The number of rotatable bonds is 13. The molecular weight excluding hydrogens is 613 g/mol. The van der Waals surface area contributed by atoms with Crippen LogP contribution in [0.5, 0.6) is 0 Å². The van der Waals surface area contributed by atoms with E-state index >= 15 is 4.39 Å². The van der Waals surface area contributed by atoms with Crippen LogP contribution in [0.4, 0.5) is 27.5 Å². The van der Waals surface area contributed by atoms with Gasteiger partial charge in [-0.25, -0.2) is 9.18 Å². The first-order chi connectivity index (χ1) is 23.1. The summed E-state index contributed by atoms with van der Waals surface area (Å²) in [5.41, 5.74) is 15.6. The third-order valence-electron chi connectivity index (χ3n) is 10.3. The lowest BCUT2D eigenvalue weighted by atomic mass is 10.1. The van der Waals surface area contributed by atoms with Crippen molar-refractivity contribution in [2.45, 2.75) is 83.8 Å².